The largest absolute Gasteiger partial charge is 0.328 e. The molecule has 2 N–H and O–H groups in total. The first kappa shape index (κ1) is 11.0. The summed E-state index contributed by atoms with van der Waals surface area (Å²) >= 11 is 1.56. The summed E-state index contributed by atoms with van der Waals surface area (Å²) in [6.45, 7) is 1.95. The molecule has 4 heteroatoms. The molecule has 0 bridgehead atoms. The second-order valence-corrected chi connectivity index (χ2v) is 5.49. The molecular formula is C11H17FN2S. The third kappa shape index (κ3) is 2.75. The van der Waals surface area contributed by atoms with E-state index in [9.17, 15) is 4.39 Å². The van der Waals surface area contributed by atoms with Gasteiger partial charge in [-0.15, -0.1) is 11.3 Å². The Morgan fingerprint density at radius 2 is 2.27 bits per heavy atom. The third-order valence-corrected chi connectivity index (χ3v) is 4.03. The maximum Gasteiger partial charge on any atom is 0.117 e. The van der Waals surface area contributed by atoms with E-state index in [0.29, 0.717) is 19.3 Å². The Balaban J connectivity index is 1.99. The van der Waals surface area contributed by atoms with Crippen molar-refractivity contribution in [3.05, 3.63) is 16.1 Å². The summed E-state index contributed by atoms with van der Waals surface area (Å²) in [5, 5.41) is 2.90. The van der Waals surface area contributed by atoms with Crippen molar-refractivity contribution in [3.63, 3.8) is 0 Å². The van der Waals surface area contributed by atoms with Crippen molar-refractivity contribution < 1.29 is 4.39 Å². The van der Waals surface area contributed by atoms with Crippen LogP contribution in [0.25, 0.3) is 0 Å². The molecular weight excluding hydrogens is 211 g/mol. The third-order valence-electron chi connectivity index (χ3n) is 3.06. The lowest BCUT2D eigenvalue weighted by Crippen LogP contribution is -2.37. The van der Waals surface area contributed by atoms with E-state index >= 15 is 0 Å². The van der Waals surface area contributed by atoms with Gasteiger partial charge in [0.15, 0.2) is 0 Å². The molecule has 0 aliphatic heterocycles. The summed E-state index contributed by atoms with van der Waals surface area (Å²) in [7, 11) is 0. The molecule has 0 spiro atoms. The fourth-order valence-corrected chi connectivity index (χ4v) is 2.99. The molecule has 2 nitrogen and oxygen atoms in total. The lowest BCUT2D eigenvalue weighted by atomic mass is 9.82. The molecule has 1 aromatic heterocycles. The minimum absolute atomic E-state index is 0.201. The van der Waals surface area contributed by atoms with Crippen LogP contribution in [0.4, 0.5) is 4.39 Å². The van der Waals surface area contributed by atoms with E-state index in [4.69, 9.17) is 5.73 Å². The van der Waals surface area contributed by atoms with Crippen LogP contribution in [0.1, 0.15) is 36.4 Å². The number of rotatable bonds is 2. The van der Waals surface area contributed by atoms with Crippen LogP contribution in [0.3, 0.4) is 0 Å². The molecule has 84 valence electrons. The Hall–Kier alpha value is -0.480. The minimum atomic E-state index is -1.06. The second kappa shape index (κ2) is 4.18. The van der Waals surface area contributed by atoms with E-state index < -0.39 is 5.67 Å². The summed E-state index contributed by atoms with van der Waals surface area (Å²) in [4.78, 5) is 4.32. The average molecular weight is 228 g/mol. The number of nitrogens with zero attached hydrogens (tertiary/aromatic N) is 1. The van der Waals surface area contributed by atoms with Gasteiger partial charge in [-0.25, -0.2) is 9.37 Å². The van der Waals surface area contributed by atoms with Crippen LogP contribution in [0.2, 0.25) is 0 Å². The average Bonchev–Trinajstić information content (AvgIpc) is 2.57. The number of thiazole rings is 1. The highest BCUT2D eigenvalue weighted by atomic mass is 32.1. The normalized spacial score (nSPS) is 31.8. The summed E-state index contributed by atoms with van der Waals surface area (Å²) in [6, 6.07) is 0.201. The van der Waals surface area contributed by atoms with Gasteiger partial charge in [-0.05, 0) is 32.6 Å². The summed E-state index contributed by atoms with van der Waals surface area (Å²) < 4.78 is 14.4. The van der Waals surface area contributed by atoms with Gasteiger partial charge in [0, 0.05) is 23.5 Å². The summed E-state index contributed by atoms with van der Waals surface area (Å²) in [5.41, 5.74) is 5.71. The monoisotopic (exact) mass is 228 g/mol. The van der Waals surface area contributed by atoms with Gasteiger partial charge in [0.25, 0.3) is 0 Å². The van der Waals surface area contributed by atoms with E-state index in [1.54, 1.807) is 11.3 Å². The van der Waals surface area contributed by atoms with E-state index in [0.717, 1.165) is 23.5 Å². The zero-order chi connectivity index (χ0) is 10.9. The molecule has 1 heterocycles. The molecule has 0 unspecified atom stereocenters. The van der Waals surface area contributed by atoms with Crippen LogP contribution in [-0.2, 0) is 6.42 Å². The van der Waals surface area contributed by atoms with E-state index in [2.05, 4.69) is 4.98 Å². The Kier molecular flexibility index (Phi) is 3.07. The van der Waals surface area contributed by atoms with Gasteiger partial charge >= 0.3 is 0 Å². The van der Waals surface area contributed by atoms with Crippen LogP contribution in [0.5, 0.6) is 0 Å². The number of aromatic nitrogens is 1. The van der Waals surface area contributed by atoms with Crippen LogP contribution in [0, 0.1) is 6.92 Å². The lowest BCUT2D eigenvalue weighted by molar-refractivity contribution is 0.0994. The zero-order valence-electron chi connectivity index (χ0n) is 9.00. The Bertz CT molecular complexity index is 329. The van der Waals surface area contributed by atoms with Crippen molar-refractivity contribution in [2.75, 3.05) is 0 Å². The quantitative estimate of drug-likeness (QED) is 0.845. The minimum Gasteiger partial charge on any atom is -0.328 e. The maximum atomic E-state index is 14.4. The van der Waals surface area contributed by atoms with E-state index in [-0.39, 0.29) is 6.04 Å². The number of hydrogen-bond donors (Lipinski definition) is 1. The Labute approximate surface area is 93.7 Å². The maximum absolute atomic E-state index is 14.4. The van der Waals surface area contributed by atoms with Crippen LogP contribution in [0.15, 0.2) is 5.38 Å². The van der Waals surface area contributed by atoms with Gasteiger partial charge in [-0.3, -0.25) is 0 Å². The topological polar surface area (TPSA) is 38.9 Å². The van der Waals surface area contributed by atoms with Gasteiger partial charge in [0.05, 0.1) is 5.01 Å². The molecule has 0 aromatic carbocycles. The molecule has 1 saturated carbocycles. The lowest BCUT2D eigenvalue weighted by Gasteiger charge is -2.31. The van der Waals surface area contributed by atoms with Crippen molar-refractivity contribution in [1.82, 2.24) is 4.98 Å². The van der Waals surface area contributed by atoms with Gasteiger partial charge in [0.1, 0.15) is 5.67 Å². The van der Waals surface area contributed by atoms with Crippen molar-refractivity contribution in [1.29, 1.82) is 0 Å². The van der Waals surface area contributed by atoms with Crippen molar-refractivity contribution in [2.45, 2.75) is 50.7 Å². The highest BCUT2D eigenvalue weighted by Gasteiger charge is 2.35. The molecule has 1 aliphatic carbocycles. The molecule has 15 heavy (non-hydrogen) atoms. The SMILES string of the molecule is Cc1csc(CC2(F)CCC(N)CC2)n1. The first-order valence-electron chi connectivity index (χ1n) is 5.43. The molecule has 0 radical (unpaired) electrons. The first-order chi connectivity index (χ1) is 7.07. The van der Waals surface area contributed by atoms with E-state index in [1.807, 2.05) is 12.3 Å². The number of nitrogens with two attached hydrogens (primary N) is 1. The first-order valence-corrected chi connectivity index (χ1v) is 6.31. The summed E-state index contributed by atoms with van der Waals surface area (Å²) in [6.07, 6.45) is 3.26. The predicted molar refractivity (Wildman–Crippen MR) is 60.8 cm³/mol. The summed E-state index contributed by atoms with van der Waals surface area (Å²) in [5.74, 6) is 0. The fourth-order valence-electron chi connectivity index (χ4n) is 2.09. The smallest absolute Gasteiger partial charge is 0.117 e. The Morgan fingerprint density at radius 1 is 1.60 bits per heavy atom. The fraction of sp³-hybridized carbons (Fsp3) is 0.727. The van der Waals surface area contributed by atoms with Crippen LogP contribution >= 0.6 is 11.3 Å². The zero-order valence-corrected chi connectivity index (χ0v) is 9.82. The van der Waals surface area contributed by atoms with E-state index in [1.165, 1.54) is 0 Å². The van der Waals surface area contributed by atoms with Crippen molar-refractivity contribution in [3.8, 4) is 0 Å². The molecule has 0 saturated heterocycles. The molecule has 2 rings (SSSR count). The number of aryl methyl sites for hydroxylation is 1. The second-order valence-electron chi connectivity index (χ2n) is 4.55. The van der Waals surface area contributed by atoms with Gasteiger partial charge in [0.2, 0.25) is 0 Å². The van der Waals surface area contributed by atoms with Crippen LogP contribution < -0.4 is 5.73 Å². The predicted octanol–water partition coefficient (Wildman–Crippen LogP) is 2.60. The molecule has 0 amide bonds. The van der Waals surface area contributed by atoms with Crippen molar-refractivity contribution >= 4 is 11.3 Å². The highest BCUT2D eigenvalue weighted by molar-refractivity contribution is 7.09. The Morgan fingerprint density at radius 3 is 2.80 bits per heavy atom. The molecule has 0 atom stereocenters. The standard InChI is InChI=1S/C11H17FN2S/c1-8-7-15-10(14-8)6-11(12)4-2-9(13)3-5-11/h7,9H,2-6,13H2,1H3. The molecule has 1 fully saturated rings. The number of hydrogen-bond acceptors (Lipinski definition) is 3. The molecule has 1 aromatic rings. The van der Waals surface area contributed by atoms with Crippen molar-refractivity contribution in [2.24, 2.45) is 5.73 Å². The van der Waals surface area contributed by atoms with Gasteiger partial charge in [-0.1, -0.05) is 0 Å². The number of halogens is 1. The highest BCUT2D eigenvalue weighted by Crippen LogP contribution is 2.34. The molecule has 1 aliphatic rings. The van der Waals surface area contributed by atoms with Gasteiger partial charge < -0.3 is 5.73 Å². The van der Waals surface area contributed by atoms with Gasteiger partial charge in [-0.2, -0.15) is 0 Å². The van der Waals surface area contributed by atoms with Crippen LogP contribution in [-0.4, -0.2) is 16.7 Å². The number of alkyl halides is 1.